The topological polar surface area (TPSA) is 86.0 Å². The third kappa shape index (κ3) is 3.53. The molecule has 25 heavy (non-hydrogen) atoms. The van der Waals surface area contributed by atoms with Crippen LogP contribution in [-0.4, -0.2) is 26.6 Å². The molecule has 0 bridgehead atoms. The summed E-state index contributed by atoms with van der Waals surface area (Å²) in [4.78, 5) is 42.2. The van der Waals surface area contributed by atoms with E-state index in [-0.39, 0.29) is 12.5 Å². The highest BCUT2D eigenvalue weighted by molar-refractivity contribution is 7.09. The molecule has 130 valence electrons. The third-order valence-corrected chi connectivity index (χ3v) is 4.81. The number of hydrogen-bond acceptors (Lipinski definition) is 5. The average molecular weight is 358 g/mol. The Morgan fingerprint density at radius 3 is 2.72 bits per heavy atom. The van der Waals surface area contributed by atoms with Gasteiger partial charge in [-0.05, 0) is 36.9 Å². The summed E-state index contributed by atoms with van der Waals surface area (Å²) in [6, 6.07) is 7.33. The second-order valence-electron chi connectivity index (χ2n) is 5.47. The minimum Gasteiger partial charge on any atom is -0.354 e. The Kier molecular flexibility index (Phi) is 5.08. The van der Waals surface area contributed by atoms with Crippen LogP contribution in [0, 0.1) is 0 Å². The van der Waals surface area contributed by atoms with E-state index in [1.807, 2.05) is 17.5 Å². The monoisotopic (exact) mass is 358 g/mol. The summed E-state index contributed by atoms with van der Waals surface area (Å²) in [5.41, 5.74) is -0.501. The molecular weight excluding hydrogens is 340 g/mol. The molecular formula is C17H18N4O3S. The molecule has 0 atom stereocenters. The van der Waals surface area contributed by atoms with E-state index < -0.39 is 11.1 Å². The molecule has 3 heterocycles. The lowest BCUT2D eigenvalue weighted by molar-refractivity contribution is -0.121. The van der Waals surface area contributed by atoms with Crippen molar-refractivity contribution < 1.29 is 4.79 Å². The largest absolute Gasteiger partial charge is 0.354 e. The van der Waals surface area contributed by atoms with Crippen LogP contribution in [-0.2, 0) is 24.3 Å². The smallest absolute Gasteiger partial charge is 0.318 e. The van der Waals surface area contributed by atoms with Crippen molar-refractivity contribution in [3.63, 3.8) is 0 Å². The molecule has 0 aromatic carbocycles. The first kappa shape index (κ1) is 17.1. The number of aryl methyl sites for hydroxylation is 1. The maximum atomic E-state index is 12.4. The number of carbonyl (C=O) groups excluding carboxylic acids is 1. The zero-order chi connectivity index (χ0) is 17.8. The van der Waals surface area contributed by atoms with Gasteiger partial charge in [0.1, 0.15) is 6.54 Å². The predicted molar refractivity (Wildman–Crippen MR) is 97.0 cm³/mol. The predicted octanol–water partition coefficient (Wildman–Crippen LogP) is 0.998. The van der Waals surface area contributed by atoms with Gasteiger partial charge >= 0.3 is 11.1 Å². The Labute approximate surface area is 147 Å². The second-order valence-corrected chi connectivity index (χ2v) is 6.50. The van der Waals surface area contributed by atoms with Crippen LogP contribution in [0.3, 0.4) is 0 Å². The molecule has 0 spiro atoms. The van der Waals surface area contributed by atoms with Crippen LogP contribution in [0.4, 0.5) is 0 Å². The Morgan fingerprint density at radius 2 is 2.00 bits per heavy atom. The van der Waals surface area contributed by atoms with E-state index in [4.69, 9.17) is 0 Å². The summed E-state index contributed by atoms with van der Waals surface area (Å²) in [7, 11) is 0. The van der Waals surface area contributed by atoms with Crippen LogP contribution >= 0.6 is 11.3 Å². The first-order chi connectivity index (χ1) is 12.1. The number of carbonyl (C=O) groups is 1. The van der Waals surface area contributed by atoms with E-state index in [0.29, 0.717) is 24.3 Å². The average Bonchev–Trinajstić information content (AvgIpc) is 3.13. The van der Waals surface area contributed by atoms with Gasteiger partial charge in [-0.25, -0.2) is 4.98 Å². The van der Waals surface area contributed by atoms with Gasteiger partial charge in [0.15, 0.2) is 5.65 Å². The summed E-state index contributed by atoms with van der Waals surface area (Å²) in [5.74, 6) is -0.308. The number of nitrogens with one attached hydrogen (secondary N) is 1. The maximum absolute atomic E-state index is 12.4. The molecule has 0 saturated carbocycles. The zero-order valence-corrected chi connectivity index (χ0v) is 14.6. The Hall–Kier alpha value is -2.74. The fraction of sp³-hybridized carbons (Fsp3) is 0.294. The highest BCUT2D eigenvalue weighted by Crippen LogP contribution is 2.09. The molecule has 0 aliphatic heterocycles. The fourth-order valence-corrected chi connectivity index (χ4v) is 3.38. The molecule has 0 unspecified atom stereocenters. The van der Waals surface area contributed by atoms with Crippen LogP contribution in [0.15, 0.2) is 45.4 Å². The molecule has 3 aromatic rings. The van der Waals surface area contributed by atoms with Crippen molar-refractivity contribution >= 4 is 28.4 Å². The number of thiophene rings is 1. The van der Waals surface area contributed by atoms with Gasteiger partial charge in [-0.1, -0.05) is 6.07 Å². The highest BCUT2D eigenvalue weighted by atomic mass is 32.1. The van der Waals surface area contributed by atoms with E-state index in [9.17, 15) is 14.4 Å². The molecule has 1 amide bonds. The van der Waals surface area contributed by atoms with Gasteiger partial charge in [0.05, 0.1) is 5.52 Å². The van der Waals surface area contributed by atoms with Crippen molar-refractivity contribution in [3.05, 3.63) is 61.4 Å². The SMILES string of the molecule is CCn1c(=O)c(=O)n(CC(=O)NCCc2cccs2)c2cccnc21. The molecule has 0 aliphatic rings. The van der Waals surface area contributed by atoms with E-state index >= 15 is 0 Å². The minimum atomic E-state index is -0.712. The number of fused-ring (bicyclic) bond motifs is 1. The molecule has 0 radical (unpaired) electrons. The van der Waals surface area contributed by atoms with Gasteiger partial charge in [-0.2, -0.15) is 0 Å². The third-order valence-electron chi connectivity index (χ3n) is 3.88. The molecule has 7 nitrogen and oxygen atoms in total. The lowest BCUT2D eigenvalue weighted by atomic mass is 10.3. The van der Waals surface area contributed by atoms with Gasteiger partial charge in [0.2, 0.25) is 5.91 Å². The number of rotatable bonds is 6. The number of hydrogen-bond donors (Lipinski definition) is 1. The standard InChI is InChI=1S/C17H18N4O3S/c1-2-20-15-13(6-3-8-19-15)21(17(24)16(20)23)11-14(22)18-9-7-12-5-4-10-25-12/h3-6,8,10H,2,7,9,11H2,1H3,(H,18,22). The molecule has 1 N–H and O–H groups in total. The van der Waals surface area contributed by atoms with Crippen LogP contribution in [0.2, 0.25) is 0 Å². The Balaban J connectivity index is 1.83. The van der Waals surface area contributed by atoms with Gasteiger partial charge in [-0.3, -0.25) is 23.5 Å². The normalized spacial score (nSPS) is 10.9. The van der Waals surface area contributed by atoms with Crippen LogP contribution < -0.4 is 16.4 Å². The first-order valence-electron chi connectivity index (χ1n) is 7.99. The summed E-state index contributed by atoms with van der Waals surface area (Å²) in [6.07, 6.45) is 2.29. The van der Waals surface area contributed by atoms with Crippen molar-refractivity contribution in [3.8, 4) is 0 Å². The van der Waals surface area contributed by atoms with E-state index in [1.165, 1.54) is 14.0 Å². The van der Waals surface area contributed by atoms with Crippen molar-refractivity contribution in [2.75, 3.05) is 6.54 Å². The Morgan fingerprint density at radius 1 is 1.20 bits per heavy atom. The summed E-state index contributed by atoms with van der Waals surface area (Å²) in [5, 5.41) is 4.77. The Bertz CT molecular complexity index is 1000. The van der Waals surface area contributed by atoms with Crippen molar-refractivity contribution in [1.29, 1.82) is 0 Å². The maximum Gasteiger partial charge on any atom is 0.318 e. The molecule has 0 aliphatic carbocycles. The first-order valence-corrected chi connectivity index (χ1v) is 8.87. The van der Waals surface area contributed by atoms with Gasteiger partial charge in [-0.15, -0.1) is 11.3 Å². The van der Waals surface area contributed by atoms with Crippen molar-refractivity contribution in [1.82, 2.24) is 19.4 Å². The van der Waals surface area contributed by atoms with Crippen molar-refractivity contribution in [2.45, 2.75) is 26.4 Å². The number of aromatic nitrogens is 3. The summed E-state index contributed by atoms with van der Waals surface area (Å²) >= 11 is 1.63. The van der Waals surface area contributed by atoms with E-state index in [2.05, 4.69) is 10.3 Å². The molecule has 3 rings (SSSR count). The van der Waals surface area contributed by atoms with Gasteiger partial charge in [0.25, 0.3) is 0 Å². The number of amides is 1. The second kappa shape index (κ2) is 7.43. The highest BCUT2D eigenvalue weighted by Gasteiger charge is 2.15. The molecule has 0 saturated heterocycles. The fourth-order valence-electron chi connectivity index (χ4n) is 2.67. The molecule has 8 heteroatoms. The minimum absolute atomic E-state index is 0.203. The summed E-state index contributed by atoms with van der Waals surface area (Å²) < 4.78 is 2.51. The van der Waals surface area contributed by atoms with Crippen LogP contribution in [0.1, 0.15) is 11.8 Å². The van der Waals surface area contributed by atoms with Crippen molar-refractivity contribution in [2.24, 2.45) is 0 Å². The lowest BCUT2D eigenvalue weighted by Crippen LogP contribution is -2.44. The van der Waals surface area contributed by atoms with Gasteiger partial charge < -0.3 is 5.32 Å². The van der Waals surface area contributed by atoms with Gasteiger partial charge in [0, 0.05) is 24.2 Å². The molecule has 0 fully saturated rings. The quantitative estimate of drug-likeness (QED) is 0.666. The van der Waals surface area contributed by atoms with Crippen LogP contribution in [0.25, 0.3) is 11.2 Å². The van der Waals surface area contributed by atoms with Crippen LogP contribution in [0.5, 0.6) is 0 Å². The zero-order valence-electron chi connectivity index (χ0n) is 13.8. The lowest BCUT2D eigenvalue weighted by Gasteiger charge is -2.13. The number of nitrogens with zero attached hydrogens (tertiary/aromatic N) is 3. The van der Waals surface area contributed by atoms with E-state index in [0.717, 1.165) is 6.42 Å². The summed E-state index contributed by atoms with van der Waals surface area (Å²) in [6.45, 7) is 2.40. The van der Waals surface area contributed by atoms with E-state index in [1.54, 1.807) is 36.6 Å². The molecule has 3 aromatic heterocycles. The number of pyridine rings is 1.